The predicted octanol–water partition coefficient (Wildman–Crippen LogP) is 5.83. The molecule has 0 saturated heterocycles. The summed E-state index contributed by atoms with van der Waals surface area (Å²) in [6.45, 7) is 4.32. The minimum absolute atomic E-state index is 0.316. The molecule has 0 bridgehead atoms. The molecular weight excluding hydrogens is 320 g/mol. The highest BCUT2D eigenvalue weighted by Gasteiger charge is 2.29. The summed E-state index contributed by atoms with van der Waals surface area (Å²) in [5, 5.41) is 0. The fraction of sp³-hybridized carbons (Fsp3) is 0.208. The van der Waals surface area contributed by atoms with Gasteiger partial charge in [-0.25, -0.2) is 4.79 Å². The number of esters is 1. The smallest absolute Gasteiger partial charge is 0.331 e. The molecule has 2 aromatic rings. The van der Waals surface area contributed by atoms with Crippen molar-refractivity contribution in [2.45, 2.75) is 26.7 Å². The fourth-order valence-corrected chi connectivity index (χ4v) is 3.71. The van der Waals surface area contributed by atoms with Crippen LogP contribution in [-0.2, 0) is 9.53 Å². The quantitative estimate of drug-likeness (QED) is 0.504. The van der Waals surface area contributed by atoms with Crippen molar-refractivity contribution in [2.75, 3.05) is 7.11 Å². The van der Waals surface area contributed by atoms with Crippen molar-refractivity contribution in [3.05, 3.63) is 94.6 Å². The summed E-state index contributed by atoms with van der Waals surface area (Å²) < 4.78 is 4.94. The Hall–Kier alpha value is -2.87. The number of carbonyl (C=O) groups excluding carboxylic acids is 1. The molecule has 0 radical (unpaired) electrons. The van der Waals surface area contributed by atoms with E-state index in [-0.39, 0.29) is 5.97 Å². The third-order valence-electron chi connectivity index (χ3n) is 4.81. The van der Waals surface area contributed by atoms with Crippen LogP contribution in [0.3, 0.4) is 0 Å². The average Bonchev–Trinajstić information content (AvgIpc) is 3.02. The topological polar surface area (TPSA) is 26.3 Å². The van der Waals surface area contributed by atoms with Crippen LogP contribution in [0.2, 0.25) is 0 Å². The molecule has 1 aliphatic carbocycles. The minimum Gasteiger partial charge on any atom is -0.466 e. The lowest BCUT2D eigenvalue weighted by molar-refractivity contribution is -0.134. The molecule has 132 valence electrons. The summed E-state index contributed by atoms with van der Waals surface area (Å²) in [5.41, 5.74) is 8.19. The summed E-state index contributed by atoms with van der Waals surface area (Å²) in [4.78, 5) is 12.1. The van der Waals surface area contributed by atoms with Crippen LogP contribution in [0.4, 0.5) is 0 Å². The second-order valence-electron chi connectivity index (χ2n) is 6.23. The number of methoxy groups -OCH3 is 1. The first-order valence-electron chi connectivity index (χ1n) is 9.09. The zero-order valence-corrected chi connectivity index (χ0v) is 15.6. The molecule has 0 aromatic heterocycles. The van der Waals surface area contributed by atoms with E-state index < -0.39 is 0 Å². The number of hydrogen-bond acceptors (Lipinski definition) is 2. The normalized spacial score (nSPS) is 15.7. The molecule has 3 rings (SSSR count). The third-order valence-corrected chi connectivity index (χ3v) is 4.81. The summed E-state index contributed by atoms with van der Waals surface area (Å²) in [5.74, 6) is -0.316. The lowest BCUT2D eigenvalue weighted by atomic mass is 9.91. The Balaban J connectivity index is 2.35. The van der Waals surface area contributed by atoms with Gasteiger partial charge in [0.15, 0.2) is 0 Å². The van der Waals surface area contributed by atoms with Crippen LogP contribution < -0.4 is 0 Å². The maximum Gasteiger partial charge on any atom is 0.331 e. The zero-order chi connectivity index (χ0) is 18.5. The second-order valence-corrected chi connectivity index (χ2v) is 6.23. The van der Waals surface area contributed by atoms with E-state index in [1.165, 1.54) is 29.4 Å². The van der Waals surface area contributed by atoms with Gasteiger partial charge in [0.05, 0.1) is 7.11 Å². The number of carbonyl (C=O) groups is 1. The molecule has 0 amide bonds. The van der Waals surface area contributed by atoms with Crippen LogP contribution in [0.5, 0.6) is 0 Å². The number of benzene rings is 2. The molecule has 0 unspecified atom stereocenters. The fourth-order valence-electron chi connectivity index (χ4n) is 3.71. The van der Waals surface area contributed by atoms with E-state index in [1.54, 1.807) is 6.08 Å². The molecule has 2 heteroatoms. The van der Waals surface area contributed by atoms with Crippen LogP contribution in [0.15, 0.2) is 83.5 Å². The van der Waals surface area contributed by atoms with Gasteiger partial charge in [-0.15, -0.1) is 0 Å². The maximum absolute atomic E-state index is 12.1. The van der Waals surface area contributed by atoms with Crippen molar-refractivity contribution in [3.8, 4) is 0 Å². The van der Waals surface area contributed by atoms with E-state index in [4.69, 9.17) is 4.74 Å². The molecular formula is C24H24O2. The molecule has 2 aromatic carbocycles. The highest BCUT2D eigenvalue weighted by Crippen LogP contribution is 2.49. The predicted molar refractivity (Wildman–Crippen MR) is 107 cm³/mol. The second kappa shape index (κ2) is 8.01. The van der Waals surface area contributed by atoms with Crippen LogP contribution in [0, 0.1) is 0 Å². The van der Waals surface area contributed by atoms with Crippen molar-refractivity contribution < 1.29 is 9.53 Å². The Labute approximate surface area is 155 Å². The van der Waals surface area contributed by atoms with Crippen LogP contribution in [0.1, 0.15) is 37.8 Å². The van der Waals surface area contributed by atoms with E-state index in [0.717, 1.165) is 29.6 Å². The Morgan fingerprint density at radius 1 is 0.808 bits per heavy atom. The lowest BCUT2D eigenvalue weighted by Crippen LogP contribution is -2.00. The molecule has 1 aliphatic rings. The van der Waals surface area contributed by atoms with Gasteiger partial charge in [0.25, 0.3) is 0 Å². The van der Waals surface area contributed by atoms with Gasteiger partial charge in [0, 0.05) is 6.08 Å². The van der Waals surface area contributed by atoms with E-state index in [1.807, 2.05) is 24.3 Å². The largest absolute Gasteiger partial charge is 0.466 e. The molecule has 0 spiro atoms. The summed E-state index contributed by atoms with van der Waals surface area (Å²) >= 11 is 0. The first kappa shape index (κ1) is 17.9. The molecule has 2 nitrogen and oxygen atoms in total. The maximum atomic E-state index is 12.1. The highest BCUT2D eigenvalue weighted by atomic mass is 16.5. The van der Waals surface area contributed by atoms with Crippen molar-refractivity contribution >= 4 is 17.1 Å². The summed E-state index contributed by atoms with van der Waals surface area (Å²) in [6.07, 6.45) is 3.44. The monoisotopic (exact) mass is 344 g/mol. The molecule has 0 N–H and O–H groups in total. The summed E-state index contributed by atoms with van der Waals surface area (Å²) in [6, 6.07) is 20.7. The van der Waals surface area contributed by atoms with Crippen molar-refractivity contribution in [2.24, 2.45) is 0 Å². The first-order valence-corrected chi connectivity index (χ1v) is 9.09. The lowest BCUT2D eigenvalue weighted by Gasteiger charge is -2.12. The van der Waals surface area contributed by atoms with Crippen molar-refractivity contribution in [1.29, 1.82) is 0 Å². The van der Waals surface area contributed by atoms with Gasteiger partial charge in [0.1, 0.15) is 0 Å². The van der Waals surface area contributed by atoms with E-state index in [9.17, 15) is 4.79 Å². The van der Waals surface area contributed by atoms with Gasteiger partial charge in [-0.05, 0) is 51.8 Å². The Bertz CT molecular complexity index is 884. The van der Waals surface area contributed by atoms with Crippen LogP contribution in [0.25, 0.3) is 11.1 Å². The highest BCUT2D eigenvalue weighted by molar-refractivity contribution is 6.12. The number of rotatable bonds is 5. The van der Waals surface area contributed by atoms with Gasteiger partial charge in [-0.2, -0.15) is 0 Å². The Morgan fingerprint density at radius 3 is 1.77 bits per heavy atom. The summed E-state index contributed by atoms with van der Waals surface area (Å²) in [7, 11) is 1.43. The molecule has 0 aliphatic heterocycles. The molecule has 0 saturated carbocycles. The molecule has 0 heterocycles. The Morgan fingerprint density at radius 2 is 1.31 bits per heavy atom. The van der Waals surface area contributed by atoms with Crippen molar-refractivity contribution in [1.82, 2.24) is 0 Å². The van der Waals surface area contributed by atoms with Gasteiger partial charge in [0.2, 0.25) is 0 Å². The van der Waals surface area contributed by atoms with E-state index in [0.29, 0.717) is 0 Å². The van der Waals surface area contributed by atoms with Gasteiger partial charge < -0.3 is 4.74 Å². The molecule has 26 heavy (non-hydrogen) atoms. The third kappa shape index (κ3) is 3.28. The molecule has 0 fully saturated rings. The Kier molecular flexibility index (Phi) is 5.52. The van der Waals surface area contributed by atoms with Gasteiger partial charge >= 0.3 is 5.97 Å². The average molecular weight is 344 g/mol. The van der Waals surface area contributed by atoms with Crippen LogP contribution >= 0.6 is 0 Å². The van der Waals surface area contributed by atoms with Crippen molar-refractivity contribution in [3.63, 3.8) is 0 Å². The number of hydrogen-bond donors (Lipinski definition) is 0. The standard InChI is InChI=1S/C24H24O2/c1-4-19-20(5-2)23(17-12-8-6-9-13-17)24(18-14-10-7-11-15-18)21(19)16-22(25)26-3/h6-16H,4-5H2,1-3H3/b21-16+. The van der Waals surface area contributed by atoms with E-state index >= 15 is 0 Å². The van der Waals surface area contributed by atoms with E-state index in [2.05, 4.69) is 50.2 Å². The van der Waals surface area contributed by atoms with Gasteiger partial charge in [-0.3, -0.25) is 0 Å². The number of allylic oxidation sites excluding steroid dienone is 5. The SMILES string of the molecule is CCC1=C(CC)/C(=C\C(=O)OC)C(c2ccccc2)=C1c1ccccc1. The zero-order valence-electron chi connectivity index (χ0n) is 15.6. The number of ether oxygens (including phenoxy) is 1. The molecule has 0 atom stereocenters. The van der Waals surface area contributed by atoms with Gasteiger partial charge in [-0.1, -0.05) is 74.5 Å². The minimum atomic E-state index is -0.316. The van der Waals surface area contributed by atoms with Crippen LogP contribution in [-0.4, -0.2) is 13.1 Å². The first-order chi connectivity index (χ1) is 12.7.